The Bertz CT molecular complexity index is 708. The van der Waals surface area contributed by atoms with Gasteiger partial charge < -0.3 is 5.32 Å². The summed E-state index contributed by atoms with van der Waals surface area (Å²) in [5.41, 5.74) is 2.42. The smallest absolute Gasteiger partial charge is 0.234 e. The molecule has 3 heteroatoms. The first-order valence-corrected chi connectivity index (χ1v) is 9.90. The summed E-state index contributed by atoms with van der Waals surface area (Å²) >= 11 is 0. The molecular formula is C23H28N2O. The molecule has 0 aromatic heterocycles. The van der Waals surface area contributed by atoms with E-state index in [1.165, 1.54) is 36.8 Å². The van der Waals surface area contributed by atoms with Crippen molar-refractivity contribution in [3.63, 3.8) is 0 Å². The highest BCUT2D eigenvalue weighted by molar-refractivity contribution is 5.78. The Morgan fingerprint density at radius 3 is 2.23 bits per heavy atom. The van der Waals surface area contributed by atoms with E-state index >= 15 is 0 Å². The Balaban J connectivity index is 1.42. The van der Waals surface area contributed by atoms with E-state index in [4.69, 9.17) is 0 Å². The molecule has 2 aromatic carbocycles. The summed E-state index contributed by atoms with van der Waals surface area (Å²) in [5, 5.41) is 3.31. The van der Waals surface area contributed by atoms with Crippen molar-refractivity contribution in [1.82, 2.24) is 10.2 Å². The molecule has 4 rings (SSSR count). The molecule has 0 heterocycles. The first kappa shape index (κ1) is 17.3. The van der Waals surface area contributed by atoms with Crippen molar-refractivity contribution in [2.45, 2.75) is 44.2 Å². The topological polar surface area (TPSA) is 32.3 Å². The maximum Gasteiger partial charge on any atom is 0.234 e. The number of hydrogen-bond acceptors (Lipinski definition) is 2. The van der Waals surface area contributed by atoms with Crippen LogP contribution in [0.15, 0.2) is 60.7 Å². The average molecular weight is 348 g/mol. The average Bonchev–Trinajstić information content (AvgIpc) is 3.56. The fourth-order valence-corrected chi connectivity index (χ4v) is 3.63. The summed E-state index contributed by atoms with van der Waals surface area (Å²) in [6, 6.07) is 21.4. The van der Waals surface area contributed by atoms with Gasteiger partial charge in [-0.2, -0.15) is 0 Å². The van der Waals surface area contributed by atoms with Crippen LogP contribution in [0.3, 0.4) is 0 Å². The molecule has 0 saturated heterocycles. The zero-order valence-electron chi connectivity index (χ0n) is 15.3. The van der Waals surface area contributed by atoms with Crippen LogP contribution >= 0.6 is 0 Å². The quantitative estimate of drug-likeness (QED) is 0.744. The third-order valence-electron chi connectivity index (χ3n) is 5.42. The fraction of sp³-hybridized carbons (Fsp3) is 0.435. The summed E-state index contributed by atoms with van der Waals surface area (Å²) in [5.74, 6) is 0.986. The molecule has 2 saturated carbocycles. The van der Waals surface area contributed by atoms with Crippen molar-refractivity contribution in [2.24, 2.45) is 5.92 Å². The molecule has 0 radical (unpaired) electrons. The first-order valence-electron chi connectivity index (χ1n) is 9.90. The van der Waals surface area contributed by atoms with Gasteiger partial charge in [-0.1, -0.05) is 60.7 Å². The van der Waals surface area contributed by atoms with E-state index in [0.717, 1.165) is 18.9 Å². The molecule has 3 nitrogen and oxygen atoms in total. The number of hydrogen-bond donors (Lipinski definition) is 1. The van der Waals surface area contributed by atoms with Gasteiger partial charge in [0.1, 0.15) is 0 Å². The molecule has 1 amide bonds. The van der Waals surface area contributed by atoms with Gasteiger partial charge in [-0.3, -0.25) is 9.69 Å². The van der Waals surface area contributed by atoms with Gasteiger partial charge >= 0.3 is 0 Å². The Labute approximate surface area is 156 Å². The van der Waals surface area contributed by atoms with Crippen molar-refractivity contribution in [3.05, 3.63) is 71.8 Å². The third kappa shape index (κ3) is 4.95. The number of amides is 1. The normalized spacial score (nSPS) is 17.9. The molecule has 1 atom stereocenters. The second-order valence-corrected chi connectivity index (χ2v) is 7.82. The molecule has 2 aliphatic carbocycles. The minimum absolute atomic E-state index is 0.0214. The minimum Gasteiger partial charge on any atom is -0.348 e. The summed E-state index contributed by atoms with van der Waals surface area (Å²) in [6.45, 7) is 1.64. The lowest BCUT2D eigenvalue weighted by Crippen LogP contribution is -2.41. The van der Waals surface area contributed by atoms with E-state index < -0.39 is 0 Å². The lowest BCUT2D eigenvalue weighted by Gasteiger charge is -2.24. The summed E-state index contributed by atoms with van der Waals surface area (Å²) in [7, 11) is 0. The second kappa shape index (κ2) is 8.05. The van der Waals surface area contributed by atoms with Crippen molar-refractivity contribution in [3.8, 4) is 0 Å². The number of nitrogens with zero attached hydrogens (tertiary/aromatic N) is 1. The van der Waals surface area contributed by atoms with Crippen LogP contribution in [0.4, 0.5) is 0 Å². The molecule has 26 heavy (non-hydrogen) atoms. The van der Waals surface area contributed by atoms with Crippen LogP contribution in [0.25, 0.3) is 0 Å². The molecule has 0 spiro atoms. The summed E-state index contributed by atoms with van der Waals surface area (Å²) < 4.78 is 0. The number of rotatable bonds is 9. The molecule has 2 aliphatic rings. The van der Waals surface area contributed by atoms with Gasteiger partial charge in [0.15, 0.2) is 0 Å². The molecule has 1 unspecified atom stereocenters. The molecule has 136 valence electrons. The highest BCUT2D eigenvalue weighted by atomic mass is 16.2. The summed E-state index contributed by atoms with van der Waals surface area (Å²) in [4.78, 5) is 15.2. The SMILES string of the molecule is O=C(CN(CC1CC1)C1CC1)NC(Cc1ccccc1)c1ccccc1. The third-order valence-corrected chi connectivity index (χ3v) is 5.42. The number of carbonyl (C=O) groups is 1. The maximum absolute atomic E-state index is 12.8. The van der Waals surface area contributed by atoms with Gasteiger partial charge in [0.05, 0.1) is 12.6 Å². The largest absolute Gasteiger partial charge is 0.348 e. The minimum atomic E-state index is 0.0214. The van der Waals surface area contributed by atoms with E-state index in [1.54, 1.807) is 0 Å². The van der Waals surface area contributed by atoms with E-state index in [2.05, 4.69) is 46.6 Å². The van der Waals surface area contributed by atoms with Crippen molar-refractivity contribution in [1.29, 1.82) is 0 Å². The van der Waals surface area contributed by atoms with Gasteiger partial charge in [-0.15, -0.1) is 0 Å². The van der Waals surface area contributed by atoms with Gasteiger partial charge in [0, 0.05) is 12.6 Å². The molecule has 2 fully saturated rings. The van der Waals surface area contributed by atoms with Crippen LogP contribution < -0.4 is 5.32 Å². The van der Waals surface area contributed by atoms with Crippen LogP contribution in [-0.2, 0) is 11.2 Å². The Kier molecular flexibility index (Phi) is 5.35. The van der Waals surface area contributed by atoms with E-state index in [9.17, 15) is 4.79 Å². The number of nitrogens with one attached hydrogen (secondary N) is 1. The predicted octanol–water partition coefficient (Wildman–Crippen LogP) is 3.96. The molecular weight excluding hydrogens is 320 g/mol. The van der Waals surface area contributed by atoms with E-state index in [0.29, 0.717) is 12.6 Å². The van der Waals surface area contributed by atoms with Crippen LogP contribution in [0.2, 0.25) is 0 Å². The van der Waals surface area contributed by atoms with E-state index in [1.807, 2.05) is 24.3 Å². The standard InChI is InChI=1S/C23H28N2O/c26-23(17-25(21-13-14-21)16-19-11-12-19)24-22(20-9-5-2-6-10-20)15-18-7-3-1-4-8-18/h1-10,19,21-22H,11-17H2,(H,24,26). The van der Waals surface area contributed by atoms with Gasteiger partial charge in [-0.25, -0.2) is 0 Å². The molecule has 0 bridgehead atoms. The van der Waals surface area contributed by atoms with Gasteiger partial charge in [0.25, 0.3) is 0 Å². The van der Waals surface area contributed by atoms with Gasteiger partial charge in [0.2, 0.25) is 5.91 Å². The zero-order valence-corrected chi connectivity index (χ0v) is 15.3. The highest BCUT2D eigenvalue weighted by Gasteiger charge is 2.34. The van der Waals surface area contributed by atoms with E-state index in [-0.39, 0.29) is 11.9 Å². The number of carbonyl (C=O) groups excluding carboxylic acids is 1. The predicted molar refractivity (Wildman–Crippen MR) is 105 cm³/mol. The lowest BCUT2D eigenvalue weighted by atomic mass is 9.99. The highest BCUT2D eigenvalue weighted by Crippen LogP contribution is 2.34. The maximum atomic E-state index is 12.8. The fourth-order valence-electron chi connectivity index (χ4n) is 3.63. The van der Waals surface area contributed by atoms with Crippen LogP contribution in [-0.4, -0.2) is 29.9 Å². The number of benzene rings is 2. The van der Waals surface area contributed by atoms with Crippen LogP contribution in [0.5, 0.6) is 0 Å². The van der Waals surface area contributed by atoms with Gasteiger partial charge in [-0.05, 0) is 49.1 Å². The monoisotopic (exact) mass is 348 g/mol. The Morgan fingerprint density at radius 1 is 0.962 bits per heavy atom. The second-order valence-electron chi connectivity index (χ2n) is 7.82. The molecule has 0 aliphatic heterocycles. The van der Waals surface area contributed by atoms with Crippen molar-refractivity contribution < 1.29 is 4.79 Å². The van der Waals surface area contributed by atoms with Crippen LogP contribution in [0.1, 0.15) is 42.9 Å². The first-order chi connectivity index (χ1) is 12.8. The van der Waals surface area contributed by atoms with Crippen molar-refractivity contribution >= 4 is 5.91 Å². The molecule has 2 aromatic rings. The molecule has 1 N–H and O–H groups in total. The Hall–Kier alpha value is -2.13. The van der Waals surface area contributed by atoms with Crippen molar-refractivity contribution in [2.75, 3.05) is 13.1 Å². The lowest BCUT2D eigenvalue weighted by molar-refractivity contribution is -0.123. The summed E-state index contributed by atoms with van der Waals surface area (Å²) in [6.07, 6.45) is 6.01. The van der Waals surface area contributed by atoms with Crippen LogP contribution in [0, 0.1) is 5.92 Å². The Morgan fingerprint density at radius 2 is 1.62 bits per heavy atom. The zero-order chi connectivity index (χ0) is 17.8.